The lowest BCUT2D eigenvalue weighted by atomic mass is 10.3. The van der Waals surface area contributed by atoms with E-state index in [9.17, 15) is 9.59 Å². The van der Waals surface area contributed by atoms with Crippen LogP contribution in [0.2, 0.25) is 0 Å². The molecule has 0 aromatic rings. The molecule has 0 saturated heterocycles. The Morgan fingerprint density at radius 2 is 2.00 bits per heavy atom. The molecule has 0 aliphatic heterocycles. The zero-order valence-corrected chi connectivity index (χ0v) is 10.6. The highest BCUT2D eigenvalue weighted by molar-refractivity contribution is 5.78. The fourth-order valence-electron chi connectivity index (χ4n) is 1.30. The summed E-state index contributed by atoms with van der Waals surface area (Å²) < 4.78 is 5.15. The minimum atomic E-state index is -0.124. The molecule has 0 atom stereocenters. The minimum Gasteiger partial charge on any atom is -0.369 e. The van der Waals surface area contributed by atoms with E-state index in [0.29, 0.717) is 25.4 Å². The lowest BCUT2D eigenvalue weighted by Gasteiger charge is -2.08. The van der Waals surface area contributed by atoms with Gasteiger partial charge in [-0.3, -0.25) is 9.59 Å². The van der Waals surface area contributed by atoms with E-state index in [0.717, 1.165) is 12.8 Å². The van der Waals surface area contributed by atoms with Gasteiger partial charge in [-0.05, 0) is 33.1 Å². The number of amides is 2. The van der Waals surface area contributed by atoms with E-state index >= 15 is 0 Å². The summed E-state index contributed by atoms with van der Waals surface area (Å²) in [6, 6.07) is 0.413. The topological polar surface area (TPSA) is 67.4 Å². The summed E-state index contributed by atoms with van der Waals surface area (Å²) in [6.45, 7) is 4.38. The summed E-state index contributed by atoms with van der Waals surface area (Å²) in [4.78, 5) is 22.5. The Hall–Kier alpha value is -1.10. The van der Waals surface area contributed by atoms with Crippen LogP contribution in [0.4, 0.5) is 0 Å². The van der Waals surface area contributed by atoms with Crippen molar-refractivity contribution in [3.63, 3.8) is 0 Å². The molecule has 1 aliphatic rings. The van der Waals surface area contributed by atoms with Crippen LogP contribution in [0.5, 0.6) is 0 Å². The van der Waals surface area contributed by atoms with Gasteiger partial charge in [-0.2, -0.15) is 0 Å². The number of nitrogens with one attached hydrogen (secondary N) is 2. The lowest BCUT2D eigenvalue weighted by Crippen LogP contribution is -2.31. The molecule has 2 N–H and O–H groups in total. The van der Waals surface area contributed by atoms with Gasteiger partial charge in [0.1, 0.15) is 6.61 Å². The molecule has 17 heavy (non-hydrogen) atoms. The van der Waals surface area contributed by atoms with Gasteiger partial charge in [-0.15, -0.1) is 0 Å². The Morgan fingerprint density at radius 3 is 2.59 bits per heavy atom. The third-order valence-electron chi connectivity index (χ3n) is 2.39. The SMILES string of the molecule is CC(C)OCC(=O)NCCCC(=O)NC1CC1. The average Bonchev–Trinajstić information content (AvgIpc) is 3.05. The molecule has 5 nitrogen and oxygen atoms in total. The molecule has 1 saturated carbocycles. The van der Waals surface area contributed by atoms with Crippen LogP contribution in [0, 0.1) is 0 Å². The molecule has 1 rings (SSSR count). The first-order chi connectivity index (χ1) is 8.08. The van der Waals surface area contributed by atoms with Crippen molar-refractivity contribution in [3.05, 3.63) is 0 Å². The summed E-state index contributed by atoms with van der Waals surface area (Å²) in [5, 5.41) is 5.62. The van der Waals surface area contributed by atoms with Crippen molar-refractivity contribution in [2.24, 2.45) is 0 Å². The van der Waals surface area contributed by atoms with Crippen LogP contribution in [-0.2, 0) is 14.3 Å². The maximum Gasteiger partial charge on any atom is 0.246 e. The van der Waals surface area contributed by atoms with Crippen LogP contribution >= 0.6 is 0 Å². The van der Waals surface area contributed by atoms with E-state index in [1.807, 2.05) is 13.8 Å². The number of hydrogen-bond acceptors (Lipinski definition) is 3. The number of rotatable bonds is 8. The predicted molar refractivity (Wildman–Crippen MR) is 64.5 cm³/mol. The van der Waals surface area contributed by atoms with Crippen LogP contribution in [0.25, 0.3) is 0 Å². The quantitative estimate of drug-likeness (QED) is 0.612. The Morgan fingerprint density at radius 1 is 1.29 bits per heavy atom. The first-order valence-corrected chi connectivity index (χ1v) is 6.25. The van der Waals surface area contributed by atoms with E-state index in [2.05, 4.69) is 10.6 Å². The van der Waals surface area contributed by atoms with E-state index in [1.54, 1.807) is 0 Å². The number of carbonyl (C=O) groups is 2. The molecule has 0 radical (unpaired) electrons. The van der Waals surface area contributed by atoms with Crippen molar-refractivity contribution in [2.45, 2.75) is 51.7 Å². The van der Waals surface area contributed by atoms with Crippen LogP contribution < -0.4 is 10.6 Å². The first kappa shape index (κ1) is 14.0. The van der Waals surface area contributed by atoms with E-state index < -0.39 is 0 Å². The molecule has 0 heterocycles. The second-order valence-electron chi connectivity index (χ2n) is 4.66. The molecule has 0 spiro atoms. The molecule has 5 heteroatoms. The Kier molecular flexibility index (Phi) is 5.97. The predicted octanol–water partition coefficient (Wildman–Crippen LogP) is 0.586. The summed E-state index contributed by atoms with van der Waals surface area (Å²) in [5.74, 6) is -0.0403. The fourth-order valence-corrected chi connectivity index (χ4v) is 1.30. The Labute approximate surface area is 102 Å². The van der Waals surface area contributed by atoms with E-state index in [1.165, 1.54) is 0 Å². The smallest absolute Gasteiger partial charge is 0.246 e. The Bertz CT molecular complexity index is 262. The summed E-state index contributed by atoms with van der Waals surface area (Å²) in [7, 11) is 0. The maximum atomic E-state index is 11.3. The van der Waals surface area contributed by atoms with Gasteiger partial charge in [-0.25, -0.2) is 0 Å². The van der Waals surface area contributed by atoms with Crippen LogP contribution in [0.3, 0.4) is 0 Å². The van der Waals surface area contributed by atoms with Gasteiger partial charge >= 0.3 is 0 Å². The number of hydrogen-bond donors (Lipinski definition) is 2. The average molecular weight is 242 g/mol. The summed E-state index contributed by atoms with van der Waals surface area (Å²) >= 11 is 0. The normalized spacial score (nSPS) is 14.8. The molecule has 0 aromatic carbocycles. The van der Waals surface area contributed by atoms with Crippen molar-refractivity contribution in [1.29, 1.82) is 0 Å². The highest BCUT2D eigenvalue weighted by Gasteiger charge is 2.22. The zero-order valence-electron chi connectivity index (χ0n) is 10.6. The van der Waals surface area contributed by atoms with Crippen molar-refractivity contribution in [1.82, 2.24) is 10.6 Å². The molecule has 0 bridgehead atoms. The molecule has 1 fully saturated rings. The number of ether oxygens (including phenoxy) is 1. The van der Waals surface area contributed by atoms with Crippen LogP contribution in [0.1, 0.15) is 39.5 Å². The third kappa shape index (κ3) is 7.74. The lowest BCUT2D eigenvalue weighted by molar-refractivity contribution is -0.127. The van der Waals surface area contributed by atoms with Crippen molar-refractivity contribution >= 4 is 11.8 Å². The van der Waals surface area contributed by atoms with Crippen molar-refractivity contribution < 1.29 is 14.3 Å². The van der Waals surface area contributed by atoms with Crippen molar-refractivity contribution in [3.8, 4) is 0 Å². The van der Waals surface area contributed by atoms with Gasteiger partial charge < -0.3 is 15.4 Å². The summed E-state index contributed by atoms with van der Waals surface area (Å²) in [6.07, 6.45) is 3.42. The molecule has 0 unspecified atom stereocenters. The van der Waals surface area contributed by atoms with Gasteiger partial charge in [0.2, 0.25) is 11.8 Å². The molecule has 0 aromatic heterocycles. The highest BCUT2D eigenvalue weighted by Crippen LogP contribution is 2.18. The zero-order chi connectivity index (χ0) is 12.7. The monoisotopic (exact) mass is 242 g/mol. The molecule has 1 aliphatic carbocycles. The van der Waals surface area contributed by atoms with Gasteiger partial charge in [0.25, 0.3) is 0 Å². The highest BCUT2D eigenvalue weighted by atomic mass is 16.5. The Balaban J connectivity index is 1.91. The number of carbonyl (C=O) groups excluding carboxylic acids is 2. The standard InChI is InChI=1S/C12H22N2O3/c1-9(2)17-8-12(16)13-7-3-4-11(15)14-10-5-6-10/h9-10H,3-8H2,1-2H3,(H,13,16)(H,14,15). The van der Waals surface area contributed by atoms with Gasteiger partial charge in [0.05, 0.1) is 6.10 Å². The molecular formula is C12H22N2O3. The van der Waals surface area contributed by atoms with Gasteiger partial charge in [0.15, 0.2) is 0 Å². The first-order valence-electron chi connectivity index (χ1n) is 6.25. The molecule has 98 valence electrons. The summed E-state index contributed by atoms with van der Waals surface area (Å²) in [5.41, 5.74) is 0. The second-order valence-corrected chi connectivity index (χ2v) is 4.66. The molecular weight excluding hydrogens is 220 g/mol. The van der Waals surface area contributed by atoms with E-state index in [-0.39, 0.29) is 24.5 Å². The fraction of sp³-hybridized carbons (Fsp3) is 0.833. The van der Waals surface area contributed by atoms with Crippen LogP contribution in [-0.4, -0.2) is 37.1 Å². The van der Waals surface area contributed by atoms with Gasteiger partial charge in [-0.1, -0.05) is 0 Å². The second kappa shape index (κ2) is 7.27. The van der Waals surface area contributed by atoms with E-state index in [4.69, 9.17) is 4.74 Å². The van der Waals surface area contributed by atoms with Crippen molar-refractivity contribution in [2.75, 3.05) is 13.2 Å². The minimum absolute atomic E-state index is 0.0602. The largest absolute Gasteiger partial charge is 0.369 e. The van der Waals surface area contributed by atoms with Crippen LogP contribution in [0.15, 0.2) is 0 Å². The van der Waals surface area contributed by atoms with Gasteiger partial charge in [0, 0.05) is 19.0 Å². The molecule has 2 amide bonds. The third-order valence-corrected chi connectivity index (χ3v) is 2.39. The maximum absolute atomic E-state index is 11.3.